The summed E-state index contributed by atoms with van der Waals surface area (Å²) in [5.74, 6) is 0.962. The molecule has 0 spiro atoms. The summed E-state index contributed by atoms with van der Waals surface area (Å²) in [7, 11) is -3.54. The predicted molar refractivity (Wildman–Crippen MR) is 121 cm³/mol. The molecule has 2 amide bonds. The van der Waals surface area contributed by atoms with Crippen molar-refractivity contribution in [3.05, 3.63) is 42.5 Å². The lowest BCUT2D eigenvalue weighted by molar-refractivity contribution is -0.117. The zero-order valence-electron chi connectivity index (χ0n) is 17.7. The quantitative estimate of drug-likeness (QED) is 0.651. The van der Waals surface area contributed by atoms with Gasteiger partial charge in [0.15, 0.2) is 11.5 Å². The number of ether oxygens (including phenoxy) is 2. The second-order valence-electron chi connectivity index (χ2n) is 7.72. The monoisotopic (exact) mass is 459 g/mol. The molecule has 2 aromatic carbocycles. The van der Waals surface area contributed by atoms with Crippen LogP contribution in [0.5, 0.6) is 11.5 Å². The average molecular weight is 460 g/mol. The van der Waals surface area contributed by atoms with E-state index in [4.69, 9.17) is 9.47 Å². The van der Waals surface area contributed by atoms with Crippen molar-refractivity contribution < 1.29 is 27.5 Å². The second kappa shape index (κ2) is 9.07. The Hall–Kier alpha value is -3.27. The van der Waals surface area contributed by atoms with E-state index in [9.17, 15) is 18.0 Å². The van der Waals surface area contributed by atoms with Crippen molar-refractivity contribution in [1.82, 2.24) is 0 Å². The molecule has 0 bridgehead atoms. The van der Waals surface area contributed by atoms with Gasteiger partial charge < -0.3 is 19.7 Å². The van der Waals surface area contributed by atoms with Crippen LogP contribution in [0, 0.1) is 0 Å². The van der Waals surface area contributed by atoms with Gasteiger partial charge in [-0.05, 0) is 49.2 Å². The molecule has 32 heavy (non-hydrogen) atoms. The van der Waals surface area contributed by atoms with Gasteiger partial charge in [0.2, 0.25) is 28.6 Å². The van der Waals surface area contributed by atoms with Gasteiger partial charge in [0.05, 0.1) is 11.9 Å². The van der Waals surface area contributed by atoms with Gasteiger partial charge >= 0.3 is 0 Å². The van der Waals surface area contributed by atoms with E-state index < -0.39 is 10.0 Å². The van der Waals surface area contributed by atoms with Crippen LogP contribution in [0.2, 0.25) is 0 Å². The van der Waals surface area contributed by atoms with Crippen molar-refractivity contribution in [3.63, 3.8) is 0 Å². The van der Waals surface area contributed by atoms with Crippen molar-refractivity contribution in [2.24, 2.45) is 0 Å². The molecule has 2 heterocycles. The average Bonchev–Trinajstić information content (AvgIpc) is 3.39. The first-order chi connectivity index (χ1) is 15.3. The minimum Gasteiger partial charge on any atom is -0.454 e. The van der Waals surface area contributed by atoms with Gasteiger partial charge in [-0.2, -0.15) is 0 Å². The van der Waals surface area contributed by atoms with Crippen molar-refractivity contribution in [2.45, 2.75) is 25.7 Å². The Bertz CT molecular complexity index is 1120. The van der Waals surface area contributed by atoms with E-state index in [2.05, 4.69) is 5.32 Å². The van der Waals surface area contributed by atoms with Crippen molar-refractivity contribution >= 4 is 38.9 Å². The van der Waals surface area contributed by atoms with Gasteiger partial charge in [0.1, 0.15) is 0 Å². The smallest absolute Gasteiger partial charge is 0.232 e. The van der Waals surface area contributed by atoms with Gasteiger partial charge in [-0.3, -0.25) is 13.9 Å². The number of hydrogen-bond donors (Lipinski definition) is 1. The number of benzene rings is 2. The third-order valence-corrected chi connectivity index (χ3v) is 6.54. The highest BCUT2D eigenvalue weighted by molar-refractivity contribution is 7.92. The van der Waals surface area contributed by atoms with E-state index in [0.717, 1.165) is 18.4 Å². The maximum atomic E-state index is 12.3. The number of nitrogens with one attached hydrogen (secondary N) is 1. The largest absolute Gasteiger partial charge is 0.454 e. The molecular weight excluding hydrogens is 434 g/mol. The lowest BCUT2D eigenvalue weighted by Crippen LogP contribution is -2.31. The maximum absolute atomic E-state index is 12.3. The lowest BCUT2D eigenvalue weighted by atomic mass is 10.2. The van der Waals surface area contributed by atoms with Gasteiger partial charge in [-0.15, -0.1) is 0 Å². The van der Waals surface area contributed by atoms with Crippen LogP contribution < -0.4 is 24.0 Å². The van der Waals surface area contributed by atoms with E-state index in [1.54, 1.807) is 35.2 Å². The van der Waals surface area contributed by atoms with E-state index in [-0.39, 0.29) is 31.6 Å². The third-order valence-electron chi connectivity index (χ3n) is 5.35. The van der Waals surface area contributed by atoms with E-state index >= 15 is 0 Å². The van der Waals surface area contributed by atoms with Crippen LogP contribution in [0.3, 0.4) is 0 Å². The number of sulfonamides is 1. The summed E-state index contributed by atoms with van der Waals surface area (Å²) in [5.41, 5.74) is 1.91. The molecule has 2 aliphatic rings. The number of hydrogen-bond acceptors (Lipinski definition) is 6. The lowest BCUT2D eigenvalue weighted by Gasteiger charge is -2.22. The van der Waals surface area contributed by atoms with Crippen molar-refractivity contribution in [3.8, 4) is 11.5 Å². The number of anilines is 3. The van der Waals surface area contributed by atoms with Gasteiger partial charge in [0.25, 0.3) is 0 Å². The maximum Gasteiger partial charge on any atom is 0.232 e. The standard InChI is InChI=1S/C22H25N3O6S/c1-32(28,29)25(18-10-11-19-20(14-18)31-15-30-19)13-2-4-21(26)23-16-6-8-17(9-7-16)24-12-3-5-22(24)27/h6-11,14H,2-5,12-13,15H2,1H3,(H,23,26). The zero-order valence-corrected chi connectivity index (χ0v) is 18.6. The summed E-state index contributed by atoms with van der Waals surface area (Å²) in [6.45, 7) is 0.972. The zero-order chi connectivity index (χ0) is 22.7. The Labute approximate surface area is 187 Å². The topological polar surface area (TPSA) is 105 Å². The molecule has 4 rings (SSSR count). The normalized spacial score (nSPS) is 15.2. The number of fused-ring (bicyclic) bond motifs is 1. The summed E-state index contributed by atoms with van der Waals surface area (Å²) in [6.07, 6.45) is 3.05. The molecule has 0 saturated carbocycles. The molecule has 0 aliphatic carbocycles. The summed E-state index contributed by atoms with van der Waals surface area (Å²) in [6, 6.07) is 12.1. The molecule has 1 fully saturated rings. The number of carbonyl (C=O) groups is 2. The minimum atomic E-state index is -3.54. The molecule has 0 radical (unpaired) electrons. The molecule has 0 aromatic heterocycles. The van der Waals surface area contributed by atoms with E-state index in [1.165, 1.54) is 4.31 Å². The van der Waals surface area contributed by atoms with Crippen molar-refractivity contribution in [1.29, 1.82) is 0 Å². The van der Waals surface area contributed by atoms with E-state index in [1.807, 2.05) is 12.1 Å². The summed E-state index contributed by atoms with van der Waals surface area (Å²) in [4.78, 5) is 25.9. The second-order valence-corrected chi connectivity index (χ2v) is 9.63. The highest BCUT2D eigenvalue weighted by atomic mass is 32.2. The first-order valence-corrected chi connectivity index (χ1v) is 12.2. The fourth-order valence-electron chi connectivity index (χ4n) is 3.78. The molecule has 2 aliphatic heterocycles. The first-order valence-electron chi connectivity index (χ1n) is 10.4. The predicted octanol–water partition coefficient (Wildman–Crippen LogP) is 2.73. The van der Waals surface area contributed by atoms with Crippen LogP contribution in [-0.2, 0) is 19.6 Å². The van der Waals surface area contributed by atoms with Gasteiger partial charge in [-0.25, -0.2) is 8.42 Å². The molecule has 10 heteroatoms. The Kier molecular flexibility index (Phi) is 6.22. The number of rotatable bonds is 8. The highest BCUT2D eigenvalue weighted by Crippen LogP contribution is 2.36. The molecule has 2 aromatic rings. The fourth-order valence-corrected chi connectivity index (χ4v) is 4.74. The molecule has 0 atom stereocenters. The van der Waals surface area contributed by atoms with Gasteiger partial charge in [0, 0.05) is 43.4 Å². The molecule has 9 nitrogen and oxygen atoms in total. The van der Waals surface area contributed by atoms with Crippen LogP contribution >= 0.6 is 0 Å². The Morgan fingerprint density at radius 1 is 1.12 bits per heavy atom. The van der Waals surface area contributed by atoms with Crippen LogP contribution in [-0.4, -0.2) is 46.4 Å². The molecular formula is C22H25N3O6S. The number of nitrogens with zero attached hydrogens (tertiary/aromatic N) is 2. The van der Waals surface area contributed by atoms with Crippen LogP contribution in [0.4, 0.5) is 17.1 Å². The van der Waals surface area contributed by atoms with E-state index in [0.29, 0.717) is 42.3 Å². The van der Waals surface area contributed by atoms with Crippen LogP contribution in [0.1, 0.15) is 25.7 Å². The molecule has 170 valence electrons. The Balaban J connectivity index is 1.32. The third kappa shape index (κ3) is 4.96. The first kappa shape index (κ1) is 21.9. The number of carbonyl (C=O) groups excluding carboxylic acids is 2. The van der Waals surface area contributed by atoms with Gasteiger partial charge in [-0.1, -0.05) is 0 Å². The fraction of sp³-hybridized carbons (Fsp3) is 0.364. The summed E-state index contributed by atoms with van der Waals surface area (Å²) < 4.78 is 36.4. The highest BCUT2D eigenvalue weighted by Gasteiger charge is 2.22. The minimum absolute atomic E-state index is 0.104. The summed E-state index contributed by atoms with van der Waals surface area (Å²) >= 11 is 0. The SMILES string of the molecule is CS(=O)(=O)N(CCCC(=O)Nc1ccc(N2CCCC2=O)cc1)c1ccc2c(c1)OCO2. The Morgan fingerprint density at radius 3 is 2.56 bits per heavy atom. The van der Waals surface area contributed by atoms with Crippen molar-refractivity contribution in [2.75, 3.05) is 40.7 Å². The molecule has 1 saturated heterocycles. The number of amides is 2. The summed E-state index contributed by atoms with van der Waals surface area (Å²) in [5, 5.41) is 2.81. The Morgan fingerprint density at radius 2 is 1.88 bits per heavy atom. The van der Waals surface area contributed by atoms with Crippen LogP contribution in [0.15, 0.2) is 42.5 Å². The van der Waals surface area contributed by atoms with Crippen LogP contribution in [0.25, 0.3) is 0 Å². The molecule has 1 N–H and O–H groups in total. The molecule has 0 unspecified atom stereocenters.